The SMILES string of the molecule is Nc1ncccc1-c1cc(CC2=CC=C(Oc3cccnc3)C=C=C2)no1. The summed E-state index contributed by atoms with van der Waals surface area (Å²) in [5.74, 6) is 2.37. The van der Waals surface area contributed by atoms with Gasteiger partial charge in [0.05, 0.1) is 17.5 Å². The molecule has 3 heterocycles. The van der Waals surface area contributed by atoms with Crippen LogP contribution in [0.15, 0.2) is 94.8 Å². The van der Waals surface area contributed by atoms with Crippen molar-refractivity contribution in [2.75, 3.05) is 5.73 Å². The van der Waals surface area contributed by atoms with Gasteiger partial charge in [0, 0.05) is 31.0 Å². The van der Waals surface area contributed by atoms with Crippen molar-refractivity contribution in [1.82, 2.24) is 15.1 Å². The predicted octanol–water partition coefficient (Wildman–Crippen LogP) is 3.87. The highest BCUT2D eigenvalue weighted by atomic mass is 16.5. The first-order chi connectivity index (χ1) is 13.3. The molecular formula is C21H16N4O2. The summed E-state index contributed by atoms with van der Waals surface area (Å²) in [7, 11) is 0. The lowest BCUT2D eigenvalue weighted by molar-refractivity contribution is 0.425. The molecule has 0 aromatic carbocycles. The molecule has 0 aliphatic heterocycles. The van der Waals surface area contributed by atoms with Gasteiger partial charge in [0.1, 0.15) is 17.3 Å². The molecule has 0 saturated carbocycles. The molecule has 2 N–H and O–H groups in total. The minimum Gasteiger partial charge on any atom is -0.455 e. The number of hydrogen-bond donors (Lipinski definition) is 1. The van der Waals surface area contributed by atoms with Crippen LogP contribution in [0, 0.1) is 0 Å². The van der Waals surface area contributed by atoms with E-state index in [1.807, 2.05) is 48.6 Å². The lowest BCUT2D eigenvalue weighted by Crippen LogP contribution is -1.92. The fraction of sp³-hybridized carbons (Fsp3) is 0.0476. The second-order valence-electron chi connectivity index (χ2n) is 5.85. The molecule has 1 aliphatic carbocycles. The largest absolute Gasteiger partial charge is 0.455 e. The molecule has 0 amide bonds. The van der Waals surface area contributed by atoms with E-state index in [1.54, 1.807) is 24.7 Å². The molecule has 3 aromatic rings. The number of hydrogen-bond acceptors (Lipinski definition) is 6. The second-order valence-corrected chi connectivity index (χ2v) is 5.85. The monoisotopic (exact) mass is 356 g/mol. The zero-order valence-corrected chi connectivity index (χ0v) is 14.4. The summed E-state index contributed by atoms with van der Waals surface area (Å²) in [5.41, 5.74) is 11.6. The summed E-state index contributed by atoms with van der Waals surface area (Å²) in [6, 6.07) is 9.20. The molecule has 1 aliphatic rings. The number of nitrogens with two attached hydrogens (primary N) is 1. The van der Waals surface area contributed by atoms with Crippen molar-refractivity contribution < 1.29 is 9.26 Å². The Bertz CT molecular complexity index is 1070. The van der Waals surface area contributed by atoms with Crippen molar-refractivity contribution >= 4 is 5.82 Å². The molecule has 0 bridgehead atoms. The Morgan fingerprint density at radius 1 is 1.11 bits per heavy atom. The van der Waals surface area contributed by atoms with Crippen LogP contribution in [0.2, 0.25) is 0 Å². The van der Waals surface area contributed by atoms with Crippen molar-refractivity contribution in [1.29, 1.82) is 0 Å². The van der Waals surface area contributed by atoms with E-state index in [0.717, 1.165) is 16.8 Å². The average Bonchev–Trinajstić information content (AvgIpc) is 3.04. The van der Waals surface area contributed by atoms with E-state index in [9.17, 15) is 0 Å². The standard InChI is InChI=1S/C21H16N4O2/c22-21-19(7-3-11-24-21)20-13-16(25-27-20)12-15-4-1-5-17(9-8-15)26-18-6-2-10-23-14-18/h2-11,13-14H,12H2,(H2,22,24). The fourth-order valence-electron chi connectivity index (χ4n) is 2.59. The number of nitrogen functional groups attached to an aromatic ring is 1. The second kappa shape index (κ2) is 7.56. The molecule has 0 radical (unpaired) electrons. The van der Waals surface area contributed by atoms with Crippen LogP contribution in [-0.2, 0) is 6.42 Å². The van der Waals surface area contributed by atoms with Gasteiger partial charge in [-0.15, -0.1) is 5.73 Å². The Labute approximate surface area is 156 Å². The van der Waals surface area contributed by atoms with Crippen LogP contribution < -0.4 is 10.5 Å². The van der Waals surface area contributed by atoms with Gasteiger partial charge in [0.25, 0.3) is 0 Å². The fourth-order valence-corrected chi connectivity index (χ4v) is 2.59. The number of anilines is 1. The third-order valence-electron chi connectivity index (χ3n) is 3.87. The highest BCUT2D eigenvalue weighted by Crippen LogP contribution is 2.25. The van der Waals surface area contributed by atoms with Gasteiger partial charge in [-0.2, -0.15) is 0 Å². The van der Waals surface area contributed by atoms with Crippen molar-refractivity contribution in [3.05, 3.63) is 96.0 Å². The average molecular weight is 356 g/mol. The maximum atomic E-state index is 5.89. The lowest BCUT2D eigenvalue weighted by atomic mass is 10.1. The van der Waals surface area contributed by atoms with Crippen molar-refractivity contribution in [2.45, 2.75) is 6.42 Å². The number of rotatable bonds is 5. The van der Waals surface area contributed by atoms with Crippen LogP contribution in [-0.4, -0.2) is 15.1 Å². The van der Waals surface area contributed by atoms with Gasteiger partial charge in [-0.05, 0) is 42.0 Å². The van der Waals surface area contributed by atoms with Crippen molar-refractivity contribution in [3.8, 4) is 17.1 Å². The summed E-state index contributed by atoms with van der Waals surface area (Å²) in [4.78, 5) is 8.10. The molecule has 6 nitrogen and oxygen atoms in total. The normalized spacial score (nSPS) is 13.0. The highest BCUT2D eigenvalue weighted by molar-refractivity contribution is 5.69. The van der Waals surface area contributed by atoms with E-state index < -0.39 is 0 Å². The summed E-state index contributed by atoms with van der Waals surface area (Å²) in [6.07, 6.45) is 13.1. The molecule has 0 atom stereocenters. The smallest absolute Gasteiger partial charge is 0.170 e. The number of aromatic nitrogens is 3. The molecule has 0 spiro atoms. The third kappa shape index (κ3) is 4.03. The number of ether oxygens (including phenoxy) is 1. The Morgan fingerprint density at radius 3 is 2.89 bits per heavy atom. The van der Waals surface area contributed by atoms with Gasteiger partial charge in [-0.25, -0.2) is 4.98 Å². The molecule has 27 heavy (non-hydrogen) atoms. The Kier molecular flexibility index (Phi) is 4.64. The first kappa shape index (κ1) is 16.6. The predicted molar refractivity (Wildman–Crippen MR) is 102 cm³/mol. The summed E-state index contributed by atoms with van der Waals surface area (Å²) < 4.78 is 11.2. The number of allylic oxidation sites excluding steroid dienone is 4. The topological polar surface area (TPSA) is 87.1 Å². The first-order valence-electron chi connectivity index (χ1n) is 8.35. The Morgan fingerprint density at radius 2 is 2.04 bits per heavy atom. The minimum atomic E-state index is 0.414. The molecule has 3 aromatic heterocycles. The maximum absolute atomic E-state index is 5.89. The first-order valence-corrected chi connectivity index (χ1v) is 8.35. The maximum Gasteiger partial charge on any atom is 0.170 e. The van der Waals surface area contributed by atoms with E-state index in [-0.39, 0.29) is 0 Å². The Balaban J connectivity index is 1.49. The molecule has 4 rings (SSSR count). The summed E-state index contributed by atoms with van der Waals surface area (Å²) >= 11 is 0. The van der Waals surface area contributed by atoms with E-state index >= 15 is 0 Å². The molecule has 132 valence electrons. The molecule has 0 fully saturated rings. The van der Waals surface area contributed by atoms with Crippen LogP contribution in [0.4, 0.5) is 5.82 Å². The number of pyridine rings is 2. The summed E-state index contributed by atoms with van der Waals surface area (Å²) in [6.45, 7) is 0. The third-order valence-corrected chi connectivity index (χ3v) is 3.87. The minimum absolute atomic E-state index is 0.414. The van der Waals surface area contributed by atoms with E-state index in [0.29, 0.717) is 29.5 Å². The van der Waals surface area contributed by atoms with Gasteiger partial charge in [-0.3, -0.25) is 4.98 Å². The van der Waals surface area contributed by atoms with E-state index in [2.05, 4.69) is 20.9 Å². The quantitative estimate of drug-likeness (QED) is 0.698. The van der Waals surface area contributed by atoms with Gasteiger partial charge < -0.3 is 15.0 Å². The number of nitrogens with zero attached hydrogens (tertiary/aromatic N) is 3. The van der Waals surface area contributed by atoms with E-state index in [4.69, 9.17) is 15.0 Å². The van der Waals surface area contributed by atoms with E-state index in [1.165, 1.54) is 0 Å². The van der Waals surface area contributed by atoms with Crippen LogP contribution in [0.3, 0.4) is 0 Å². The van der Waals surface area contributed by atoms with Gasteiger partial charge in [0.2, 0.25) is 0 Å². The zero-order chi connectivity index (χ0) is 18.5. The van der Waals surface area contributed by atoms with Crippen molar-refractivity contribution in [2.24, 2.45) is 0 Å². The zero-order valence-electron chi connectivity index (χ0n) is 14.4. The molecule has 0 saturated heterocycles. The molecule has 0 unspecified atom stereocenters. The van der Waals surface area contributed by atoms with Crippen molar-refractivity contribution in [3.63, 3.8) is 0 Å². The van der Waals surface area contributed by atoms with Gasteiger partial charge in [0.15, 0.2) is 5.76 Å². The molecular weight excluding hydrogens is 340 g/mol. The van der Waals surface area contributed by atoms with Crippen LogP contribution in [0.25, 0.3) is 11.3 Å². The van der Waals surface area contributed by atoms with Crippen LogP contribution in [0.5, 0.6) is 5.75 Å². The Hall–Kier alpha value is -3.89. The molecule has 6 heteroatoms. The van der Waals surface area contributed by atoms with Gasteiger partial charge >= 0.3 is 0 Å². The van der Waals surface area contributed by atoms with Crippen LogP contribution in [0.1, 0.15) is 5.69 Å². The summed E-state index contributed by atoms with van der Waals surface area (Å²) in [5, 5.41) is 4.13. The highest BCUT2D eigenvalue weighted by Gasteiger charge is 2.11. The van der Waals surface area contributed by atoms with Crippen LogP contribution >= 0.6 is 0 Å². The van der Waals surface area contributed by atoms with Gasteiger partial charge in [-0.1, -0.05) is 11.2 Å². The lowest BCUT2D eigenvalue weighted by Gasteiger charge is -2.03.